The maximum Gasteiger partial charge on any atom is 0.297 e. The van der Waals surface area contributed by atoms with Gasteiger partial charge in [-0.15, -0.1) is 0 Å². The molecule has 6 nitrogen and oxygen atoms in total. The Hall–Kier alpha value is -1.50. The molecule has 0 unspecified atom stereocenters. The summed E-state index contributed by atoms with van der Waals surface area (Å²) in [6.45, 7) is -0.752. The lowest BCUT2D eigenvalue weighted by molar-refractivity contribution is -0.467. The predicted molar refractivity (Wildman–Crippen MR) is 52.4 cm³/mol. The first kappa shape index (κ1) is 10.6. The SMILES string of the molecule is O=C(C[N+](=O)[O-])Nc1ccc(Br)cn1. The number of amides is 1. The zero-order chi connectivity index (χ0) is 10.6. The van der Waals surface area contributed by atoms with E-state index >= 15 is 0 Å². The topological polar surface area (TPSA) is 85.1 Å². The standard InChI is InChI=1S/C7H6BrN3O3/c8-5-1-2-6(9-3-5)10-7(12)4-11(13)14/h1-3H,4H2,(H,9,10,12). The summed E-state index contributed by atoms with van der Waals surface area (Å²) in [6, 6.07) is 3.22. The number of nitrogens with zero attached hydrogens (tertiary/aromatic N) is 2. The van der Waals surface area contributed by atoms with Gasteiger partial charge in [-0.05, 0) is 28.1 Å². The van der Waals surface area contributed by atoms with Gasteiger partial charge in [0.25, 0.3) is 12.5 Å². The van der Waals surface area contributed by atoms with Gasteiger partial charge in [0.1, 0.15) is 5.82 Å². The molecule has 0 fully saturated rings. The summed E-state index contributed by atoms with van der Waals surface area (Å²) >= 11 is 3.17. The minimum atomic E-state index is -0.752. The minimum absolute atomic E-state index is 0.292. The second-order valence-corrected chi connectivity index (χ2v) is 3.32. The molecule has 1 rings (SSSR count). The number of nitrogens with one attached hydrogen (secondary N) is 1. The smallest absolute Gasteiger partial charge is 0.297 e. The number of halogens is 1. The van der Waals surface area contributed by atoms with Crippen LogP contribution in [0.25, 0.3) is 0 Å². The fourth-order valence-electron chi connectivity index (χ4n) is 0.749. The van der Waals surface area contributed by atoms with Crippen molar-refractivity contribution in [1.82, 2.24) is 4.98 Å². The quantitative estimate of drug-likeness (QED) is 0.650. The largest absolute Gasteiger partial charge is 0.305 e. The molecule has 1 amide bonds. The molecule has 1 aromatic rings. The van der Waals surface area contributed by atoms with Crippen LogP contribution in [0.15, 0.2) is 22.8 Å². The number of hydrogen-bond acceptors (Lipinski definition) is 4. The second-order valence-electron chi connectivity index (χ2n) is 2.40. The minimum Gasteiger partial charge on any atom is -0.305 e. The summed E-state index contributed by atoms with van der Waals surface area (Å²) in [5.74, 6) is -0.398. The van der Waals surface area contributed by atoms with Crippen LogP contribution in [0.1, 0.15) is 0 Å². The van der Waals surface area contributed by atoms with Crippen molar-refractivity contribution in [2.75, 3.05) is 11.9 Å². The van der Waals surface area contributed by atoms with Crippen LogP contribution in [0.3, 0.4) is 0 Å². The van der Waals surface area contributed by atoms with Gasteiger partial charge in [0.05, 0.1) is 0 Å². The first-order valence-electron chi connectivity index (χ1n) is 3.61. The molecule has 0 aromatic carbocycles. The van der Waals surface area contributed by atoms with Gasteiger partial charge < -0.3 is 5.32 Å². The fourth-order valence-corrected chi connectivity index (χ4v) is 0.984. The summed E-state index contributed by atoms with van der Waals surface area (Å²) in [4.78, 5) is 24.0. The Bertz CT molecular complexity index is 352. The van der Waals surface area contributed by atoms with Gasteiger partial charge in [0, 0.05) is 15.6 Å². The van der Waals surface area contributed by atoms with Crippen LogP contribution in [0, 0.1) is 10.1 Å². The van der Waals surface area contributed by atoms with E-state index in [0.29, 0.717) is 5.82 Å². The monoisotopic (exact) mass is 259 g/mol. The highest BCUT2D eigenvalue weighted by Gasteiger charge is 2.09. The number of hydrogen-bond donors (Lipinski definition) is 1. The Morgan fingerprint density at radius 3 is 2.86 bits per heavy atom. The first-order chi connectivity index (χ1) is 6.58. The second kappa shape index (κ2) is 4.66. The molecule has 0 atom stereocenters. The van der Waals surface area contributed by atoms with E-state index in [0.717, 1.165) is 4.47 Å². The van der Waals surface area contributed by atoms with Crippen LogP contribution in [0.4, 0.5) is 5.82 Å². The van der Waals surface area contributed by atoms with Crippen molar-refractivity contribution in [2.24, 2.45) is 0 Å². The molecule has 0 spiro atoms. The van der Waals surface area contributed by atoms with Crippen LogP contribution in [0.2, 0.25) is 0 Å². The van der Waals surface area contributed by atoms with Gasteiger partial charge in [-0.1, -0.05) is 0 Å². The van der Waals surface area contributed by atoms with Gasteiger partial charge >= 0.3 is 0 Å². The number of carbonyl (C=O) groups is 1. The van der Waals surface area contributed by atoms with Gasteiger partial charge in [0.15, 0.2) is 0 Å². The molecular weight excluding hydrogens is 254 g/mol. The van der Waals surface area contributed by atoms with Crippen molar-refractivity contribution >= 4 is 27.7 Å². The van der Waals surface area contributed by atoms with Crippen LogP contribution < -0.4 is 5.32 Å². The summed E-state index contributed by atoms with van der Waals surface area (Å²) < 4.78 is 0.768. The number of rotatable bonds is 3. The number of nitro groups is 1. The highest BCUT2D eigenvalue weighted by atomic mass is 79.9. The molecule has 74 valence electrons. The fraction of sp³-hybridized carbons (Fsp3) is 0.143. The molecule has 1 aromatic heterocycles. The van der Waals surface area contributed by atoms with Crippen molar-refractivity contribution in [3.8, 4) is 0 Å². The molecule has 1 N–H and O–H groups in total. The van der Waals surface area contributed by atoms with Crippen LogP contribution in [0.5, 0.6) is 0 Å². The number of aromatic nitrogens is 1. The molecule has 1 heterocycles. The van der Waals surface area contributed by atoms with Crippen LogP contribution in [-0.2, 0) is 4.79 Å². The lowest BCUT2D eigenvalue weighted by Crippen LogP contribution is -2.22. The Morgan fingerprint density at radius 2 is 2.36 bits per heavy atom. The van der Waals surface area contributed by atoms with Gasteiger partial charge in [-0.3, -0.25) is 14.9 Å². The van der Waals surface area contributed by atoms with E-state index in [4.69, 9.17) is 0 Å². The molecule has 7 heteroatoms. The van der Waals surface area contributed by atoms with Gasteiger partial charge in [0.2, 0.25) is 0 Å². The molecular formula is C7H6BrN3O3. The normalized spacial score (nSPS) is 9.50. The number of anilines is 1. The number of carbonyl (C=O) groups excluding carboxylic acids is 1. The van der Waals surface area contributed by atoms with E-state index in [2.05, 4.69) is 26.2 Å². The van der Waals surface area contributed by atoms with E-state index < -0.39 is 17.4 Å². The Labute approximate surface area is 87.6 Å². The summed E-state index contributed by atoms with van der Waals surface area (Å²) in [5.41, 5.74) is 0. The summed E-state index contributed by atoms with van der Waals surface area (Å²) in [7, 11) is 0. The molecule has 0 saturated carbocycles. The number of pyridine rings is 1. The van der Waals surface area contributed by atoms with E-state index in [-0.39, 0.29) is 0 Å². The molecule has 0 saturated heterocycles. The highest BCUT2D eigenvalue weighted by molar-refractivity contribution is 9.10. The van der Waals surface area contributed by atoms with Crippen molar-refractivity contribution in [3.63, 3.8) is 0 Å². The third kappa shape index (κ3) is 3.48. The van der Waals surface area contributed by atoms with Gasteiger partial charge in [-0.2, -0.15) is 0 Å². The third-order valence-electron chi connectivity index (χ3n) is 1.27. The lowest BCUT2D eigenvalue weighted by atomic mass is 10.4. The highest BCUT2D eigenvalue weighted by Crippen LogP contribution is 2.10. The molecule has 0 radical (unpaired) electrons. The maximum absolute atomic E-state index is 10.9. The van der Waals surface area contributed by atoms with E-state index in [1.165, 1.54) is 6.20 Å². The molecule has 0 aliphatic rings. The molecule has 0 aliphatic heterocycles. The lowest BCUT2D eigenvalue weighted by Gasteiger charge is -2.00. The Kier molecular flexibility index (Phi) is 3.52. The van der Waals surface area contributed by atoms with E-state index in [1.807, 2.05) is 0 Å². The average Bonchev–Trinajstić information content (AvgIpc) is 2.07. The zero-order valence-electron chi connectivity index (χ0n) is 6.94. The van der Waals surface area contributed by atoms with Crippen molar-refractivity contribution in [2.45, 2.75) is 0 Å². The van der Waals surface area contributed by atoms with E-state index in [1.54, 1.807) is 12.1 Å². The first-order valence-corrected chi connectivity index (χ1v) is 4.40. The average molecular weight is 260 g/mol. The van der Waals surface area contributed by atoms with Gasteiger partial charge in [-0.25, -0.2) is 4.98 Å². The van der Waals surface area contributed by atoms with Crippen molar-refractivity contribution in [3.05, 3.63) is 32.9 Å². The Balaban J connectivity index is 2.56. The van der Waals surface area contributed by atoms with E-state index in [9.17, 15) is 14.9 Å². The molecule has 0 aliphatic carbocycles. The zero-order valence-corrected chi connectivity index (χ0v) is 8.52. The predicted octanol–water partition coefficient (Wildman–Crippen LogP) is 1.06. The summed E-state index contributed by atoms with van der Waals surface area (Å²) in [5, 5.41) is 12.3. The van der Waals surface area contributed by atoms with Crippen LogP contribution in [-0.4, -0.2) is 22.4 Å². The maximum atomic E-state index is 10.9. The Morgan fingerprint density at radius 1 is 1.64 bits per heavy atom. The van der Waals surface area contributed by atoms with Crippen molar-refractivity contribution < 1.29 is 9.72 Å². The van der Waals surface area contributed by atoms with Crippen LogP contribution >= 0.6 is 15.9 Å². The molecule has 0 bridgehead atoms. The summed E-state index contributed by atoms with van der Waals surface area (Å²) in [6.07, 6.45) is 1.49. The third-order valence-corrected chi connectivity index (χ3v) is 1.74. The van der Waals surface area contributed by atoms with Crippen molar-refractivity contribution in [1.29, 1.82) is 0 Å². The molecule has 14 heavy (non-hydrogen) atoms.